The van der Waals surface area contributed by atoms with Crippen molar-refractivity contribution in [2.24, 2.45) is 0 Å². The maximum atomic E-state index is 13.8. The Morgan fingerprint density at radius 3 is 2.00 bits per heavy atom. The molecule has 258 valence electrons. The molecule has 3 aromatic carbocycles. The van der Waals surface area contributed by atoms with Crippen LogP contribution in [0.25, 0.3) is 22.4 Å². The smallest absolute Gasteiger partial charge is 0.335 e. The van der Waals surface area contributed by atoms with Gasteiger partial charge in [-0.25, -0.2) is 14.0 Å². The first-order chi connectivity index (χ1) is 23.1. The fourth-order valence-electron chi connectivity index (χ4n) is 5.20. The molecule has 0 aliphatic rings. The molecule has 0 fully saturated rings. The van der Waals surface area contributed by atoms with Gasteiger partial charge in [0.15, 0.2) is 12.2 Å². The summed E-state index contributed by atoms with van der Waals surface area (Å²) < 4.78 is 37.7. The highest BCUT2D eigenvalue weighted by Gasteiger charge is 2.22. The number of carbonyl (C=O) groups is 2. The van der Waals surface area contributed by atoms with Gasteiger partial charge in [0.1, 0.15) is 18.2 Å². The number of rotatable bonds is 16. The summed E-state index contributed by atoms with van der Waals surface area (Å²) in [6, 6.07) is 26.9. The van der Waals surface area contributed by atoms with Crippen molar-refractivity contribution < 1.29 is 38.0 Å². The van der Waals surface area contributed by atoms with Gasteiger partial charge in [-0.2, -0.15) is 0 Å². The summed E-state index contributed by atoms with van der Waals surface area (Å²) >= 11 is 0. The number of benzene rings is 3. The molecule has 0 saturated heterocycles. The largest absolute Gasteiger partial charge is 0.492 e. The fourth-order valence-corrected chi connectivity index (χ4v) is 5.20. The van der Waals surface area contributed by atoms with Gasteiger partial charge in [-0.3, -0.25) is 0 Å². The van der Waals surface area contributed by atoms with Gasteiger partial charge in [0.2, 0.25) is 0 Å². The van der Waals surface area contributed by atoms with Gasteiger partial charge in [0.05, 0.1) is 18.8 Å². The van der Waals surface area contributed by atoms with Crippen LogP contribution in [0.4, 0.5) is 4.39 Å². The number of nitrogens with zero attached hydrogens (tertiary/aromatic N) is 1. The number of aromatic nitrogens is 1. The number of hydrogen-bond acceptors (Lipinski definition) is 6. The SMILES string of the molecule is CCOC(=O)C(Cc1ccc(OCCn2c(C(C)C)cc(-c3ccccc3)c2-c2ccc(F)cc2)cc1)OCC.CCOC(C)C(=O)O. The number of carboxylic acid groups (broad SMARTS) is 1. The molecule has 1 aromatic heterocycles. The Morgan fingerprint density at radius 1 is 0.812 bits per heavy atom. The van der Waals surface area contributed by atoms with E-state index in [1.807, 2.05) is 61.5 Å². The highest BCUT2D eigenvalue weighted by Crippen LogP contribution is 2.37. The summed E-state index contributed by atoms with van der Waals surface area (Å²) in [6.45, 7) is 13.6. The molecule has 9 heteroatoms. The van der Waals surface area contributed by atoms with Gasteiger partial charge in [0, 0.05) is 30.9 Å². The molecule has 48 heavy (non-hydrogen) atoms. The third kappa shape index (κ3) is 11.1. The molecule has 8 nitrogen and oxygen atoms in total. The van der Waals surface area contributed by atoms with Crippen LogP contribution in [0.2, 0.25) is 0 Å². The molecule has 4 aromatic rings. The summed E-state index contributed by atoms with van der Waals surface area (Å²) in [5.74, 6) is -0.476. The zero-order valence-electron chi connectivity index (χ0n) is 28.8. The Kier molecular flexibility index (Phi) is 15.3. The molecule has 0 bridgehead atoms. The van der Waals surface area contributed by atoms with Crippen molar-refractivity contribution in [3.05, 3.63) is 102 Å². The number of esters is 1. The van der Waals surface area contributed by atoms with Crippen LogP contribution in [-0.4, -0.2) is 60.2 Å². The Bertz CT molecular complexity index is 1550. The quantitative estimate of drug-likeness (QED) is 0.121. The Hall–Kier alpha value is -4.47. The molecule has 0 spiro atoms. The molecule has 0 amide bonds. The van der Waals surface area contributed by atoms with E-state index in [4.69, 9.17) is 24.1 Å². The monoisotopic (exact) mass is 661 g/mol. The van der Waals surface area contributed by atoms with Crippen LogP contribution in [0.1, 0.15) is 58.7 Å². The minimum Gasteiger partial charge on any atom is -0.492 e. The van der Waals surface area contributed by atoms with Gasteiger partial charge in [-0.1, -0.05) is 56.3 Å². The van der Waals surface area contributed by atoms with Gasteiger partial charge in [-0.15, -0.1) is 0 Å². The van der Waals surface area contributed by atoms with Crippen molar-refractivity contribution in [2.45, 2.75) is 72.6 Å². The van der Waals surface area contributed by atoms with Crippen molar-refractivity contribution in [2.75, 3.05) is 26.4 Å². The summed E-state index contributed by atoms with van der Waals surface area (Å²) in [6.07, 6.45) is -0.846. The first-order valence-corrected chi connectivity index (χ1v) is 16.5. The molecule has 0 aliphatic carbocycles. The predicted molar refractivity (Wildman–Crippen MR) is 186 cm³/mol. The maximum Gasteiger partial charge on any atom is 0.335 e. The van der Waals surface area contributed by atoms with E-state index < -0.39 is 18.2 Å². The van der Waals surface area contributed by atoms with E-state index in [0.29, 0.717) is 39.4 Å². The second kappa shape index (κ2) is 19.4. The number of aliphatic carboxylic acids is 1. The van der Waals surface area contributed by atoms with Gasteiger partial charge in [-0.05, 0) is 92.8 Å². The third-order valence-corrected chi connectivity index (χ3v) is 7.53. The second-order valence-corrected chi connectivity index (χ2v) is 11.3. The zero-order valence-corrected chi connectivity index (χ0v) is 28.8. The number of carboxylic acids is 1. The van der Waals surface area contributed by atoms with Crippen LogP contribution in [0.5, 0.6) is 5.75 Å². The van der Waals surface area contributed by atoms with E-state index in [1.165, 1.54) is 24.8 Å². The van der Waals surface area contributed by atoms with Crippen LogP contribution in [-0.2, 0) is 36.8 Å². The minimum absolute atomic E-state index is 0.256. The van der Waals surface area contributed by atoms with Gasteiger partial charge < -0.3 is 28.6 Å². The Balaban J connectivity index is 0.000000694. The van der Waals surface area contributed by atoms with Crippen LogP contribution < -0.4 is 4.74 Å². The summed E-state index contributed by atoms with van der Waals surface area (Å²) in [5.41, 5.74) is 6.41. The van der Waals surface area contributed by atoms with E-state index in [1.54, 1.807) is 13.8 Å². The van der Waals surface area contributed by atoms with E-state index in [2.05, 4.69) is 36.6 Å². The van der Waals surface area contributed by atoms with Gasteiger partial charge in [0.25, 0.3) is 0 Å². The van der Waals surface area contributed by atoms with Crippen molar-refractivity contribution >= 4 is 11.9 Å². The molecule has 2 atom stereocenters. The average Bonchev–Trinajstić information content (AvgIpc) is 3.46. The standard InChI is InChI=1S/C34H38FNO4.C5H10O3/c1-5-38-32(34(37)39-6-2)22-25-12-18-29(19-13-25)40-21-20-36-31(24(3)4)23-30(26-10-8-7-9-11-26)33(36)27-14-16-28(35)17-15-27;1-3-8-4(2)5(6)7/h7-19,23-24,32H,5-6,20-22H2,1-4H3;4H,3H2,1-2H3,(H,6,7). The molecule has 0 saturated carbocycles. The normalized spacial score (nSPS) is 12.2. The van der Waals surface area contributed by atoms with Crippen LogP contribution >= 0.6 is 0 Å². The molecule has 2 unspecified atom stereocenters. The van der Waals surface area contributed by atoms with Crippen LogP contribution in [0, 0.1) is 5.82 Å². The molecular formula is C39H48FNO7. The molecule has 1 heterocycles. The van der Waals surface area contributed by atoms with Crippen LogP contribution in [0.3, 0.4) is 0 Å². The Morgan fingerprint density at radius 2 is 1.46 bits per heavy atom. The van der Waals surface area contributed by atoms with Gasteiger partial charge >= 0.3 is 11.9 Å². The lowest BCUT2D eigenvalue weighted by Crippen LogP contribution is -2.28. The molecular weight excluding hydrogens is 613 g/mol. The molecule has 1 N–H and O–H groups in total. The first-order valence-electron chi connectivity index (χ1n) is 16.5. The number of halogens is 1. The molecule has 0 radical (unpaired) electrons. The maximum absolute atomic E-state index is 13.8. The van der Waals surface area contributed by atoms with E-state index in [9.17, 15) is 14.0 Å². The highest BCUT2D eigenvalue weighted by atomic mass is 19.1. The number of hydrogen-bond donors (Lipinski definition) is 1. The fraction of sp³-hybridized carbons (Fsp3) is 0.385. The lowest BCUT2D eigenvalue weighted by atomic mass is 10.0. The Labute approximate surface area is 283 Å². The van der Waals surface area contributed by atoms with Crippen LogP contribution in [0.15, 0.2) is 84.9 Å². The summed E-state index contributed by atoms with van der Waals surface area (Å²) in [7, 11) is 0. The van der Waals surface area contributed by atoms with Crippen molar-refractivity contribution in [3.63, 3.8) is 0 Å². The number of ether oxygens (including phenoxy) is 4. The summed E-state index contributed by atoms with van der Waals surface area (Å²) in [4.78, 5) is 22.2. The van der Waals surface area contributed by atoms with Crippen molar-refractivity contribution in [3.8, 4) is 28.1 Å². The first kappa shape index (κ1) is 38.0. The van der Waals surface area contributed by atoms with Crippen molar-refractivity contribution in [1.82, 2.24) is 4.57 Å². The van der Waals surface area contributed by atoms with Crippen molar-refractivity contribution in [1.29, 1.82) is 0 Å². The highest BCUT2D eigenvalue weighted by molar-refractivity contribution is 5.83. The minimum atomic E-state index is -0.910. The molecule has 0 aliphatic heterocycles. The van der Waals surface area contributed by atoms with E-state index in [-0.39, 0.29) is 17.7 Å². The average molecular weight is 662 g/mol. The topological polar surface area (TPSA) is 96.2 Å². The lowest BCUT2D eigenvalue weighted by molar-refractivity contribution is -0.156. The zero-order chi connectivity index (χ0) is 35.1. The number of carbonyl (C=O) groups excluding carboxylic acids is 1. The van der Waals surface area contributed by atoms with E-state index >= 15 is 0 Å². The predicted octanol–water partition coefficient (Wildman–Crippen LogP) is 8.17. The van der Waals surface area contributed by atoms with E-state index in [0.717, 1.165) is 33.7 Å². The second-order valence-electron chi connectivity index (χ2n) is 11.3. The lowest BCUT2D eigenvalue weighted by Gasteiger charge is -2.18. The molecule has 4 rings (SSSR count). The summed E-state index contributed by atoms with van der Waals surface area (Å²) in [5, 5.41) is 8.19. The third-order valence-electron chi connectivity index (χ3n) is 7.53.